The molecule has 3 aromatic rings. The first-order valence-electron chi connectivity index (χ1n) is 9.23. The molecule has 8 heteroatoms. The van der Waals surface area contributed by atoms with E-state index in [1.165, 1.54) is 0 Å². The highest BCUT2D eigenvalue weighted by molar-refractivity contribution is 6.32. The zero-order valence-electron chi connectivity index (χ0n) is 16.7. The van der Waals surface area contributed by atoms with Crippen LogP contribution in [-0.4, -0.2) is 18.2 Å². The number of carboxylic acids is 1. The molecule has 0 radical (unpaired) electrons. The van der Waals surface area contributed by atoms with Crippen LogP contribution in [0.1, 0.15) is 27.0 Å². The molecular weight excluding hydrogens is 461 g/mol. The number of hydrogen-bond donors (Lipinski definition) is 2. The highest BCUT2D eigenvalue weighted by atomic mass is 35.5. The molecular formula is C23H22Cl3NO4. The van der Waals surface area contributed by atoms with Crippen LogP contribution in [0.4, 0.5) is 0 Å². The maximum atomic E-state index is 10.9. The first kappa shape index (κ1) is 24.8. The molecule has 0 atom stereocenters. The predicted octanol–water partition coefficient (Wildman–Crippen LogP) is 5.99. The predicted molar refractivity (Wildman–Crippen MR) is 125 cm³/mol. The number of carboxylic acid groups (broad SMARTS) is 1. The van der Waals surface area contributed by atoms with Crippen LogP contribution in [0.5, 0.6) is 11.5 Å². The molecule has 0 saturated carbocycles. The molecule has 0 bridgehead atoms. The molecule has 0 aliphatic carbocycles. The van der Waals surface area contributed by atoms with E-state index in [4.69, 9.17) is 37.8 Å². The summed E-state index contributed by atoms with van der Waals surface area (Å²) in [6.45, 7) is 1.42. The largest absolute Gasteiger partial charge is 0.493 e. The molecule has 5 nitrogen and oxygen atoms in total. The average molecular weight is 483 g/mol. The Morgan fingerprint density at radius 1 is 0.968 bits per heavy atom. The van der Waals surface area contributed by atoms with Crippen molar-refractivity contribution < 1.29 is 19.4 Å². The van der Waals surface area contributed by atoms with Gasteiger partial charge in [0.15, 0.2) is 11.5 Å². The van der Waals surface area contributed by atoms with Gasteiger partial charge in [0.05, 0.1) is 17.7 Å². The smallest absolute Gasteiger partial charge is 0.335 e. The van der Waals surface area contributed by atoms with Crippen LogP contribution in [-0.2, 0) is 19.7 Å². The molecule has 0 saturated heterocycles. The quantitative estimate of drug-likeness (QED) is 0.392. The maximum absolute atomic E-state index is 10.9. The van der Waals surface area contributed by atoms with Crippen LogP contribution in [0, 0.1) is 0 Å². The van der Waals surface area contributed by atoms with Crippen LogP contribution >= 0.6 is 35.6 Å². The minimum Gasteiger partial charge on any atom is -0.493 e. The van der Waals surface area contributed by atoms with Gasteiger partial charge in [0.25, 0.3) is 0 Å². The van der Waals surface area contributed by atoms with E-state index < -0.39 is 5.97 Å². The fourth-order valence-corrected chi connectivity index (χ4v) is 3.38. The topological polar surface area (TPSA) is 67.8 Å². The third kappa shape index (κ3) is 6.77. The second-order valence-corrected chi connectivity index (χ2v) is 7.41. The molecule has 0 aliphatic heterocycles. The van der Waals surface area contributed by atoms with Crippen molar-refractivity contribution in [3.05, 3.63) is 93.0 Å². The third-order valence-corrected chi connectivity index (χ3v) is 5.13. The van der Waals surface area contributed by atoms with Crippen LogP contribution in [0.2, 0.25) is 10.0 Å². The second kappa shape index (κ2) is 11.8. The van der Waals surface area contributed by atoms with E-state index in [1.807, 2.05) is 36.4 Å². The van der Waals surface area contributed by atoms with Gasteiger partial charge in [-0.1, -0.05) is 53.5 Å². The number of nitrogens with one attached hydrogen (secondary N) is 1. The normalized spacial score (nSPS) is 10.3. The number of ether oxygens (including phenoxy) is 2. The summed E-state index contributed by atoms with van der Waals surface area (Å²) >= 11 is 12.6. The van der Waals surface area contributed by atoms with E-state index in [2.05, 4.69) is 5.32 Å². The van der Waals surface area contributed by atoms with E-state index in [-0.39, 0.29) is 24.6 Å². The van der Waals surface area contributed by atoms with Crippen LogP contribution in [0.15, 0.2) is 60.7 Å². The Bertz CT molecular complexity index is 1030. The first-order chi connectivity index (χ1) is 14.5. The number of carbonyl (C=O) groups is 1. The van der Waals surface area contributed by atoms with Crippen molar-refractivity contribution in [2.24, 2.45) is 0 Å². The molecule has 3 rings (SSSR count). The zero-order valence-corrected chi connectivity index (χ0v) is 19.1. The van der Waals surface area contributed by atoms with E-state index >= 15 is 0 Å². The highest BCUT2D eigenvalue weighted by Crippen LogP contribution is 2.37. The number of methoxy groups -OCH3 is 1. The summed E-state index contributed by atoms with van der Waals surface area (Å²) in [6.07, 6.45) is 0. The van der Waals surface area contributed by atoms with Crippen LogP contribution in [0.25, 0.3) is 0 Å². The SMILES string of the molecule is COc1cc(CNCc2ccc(C(=O)O)cc2)cc(Cl)c1OCc1ccccc1Cl.Cl. The molecule has 0 amide bonds. The van der Waals surface area contributed by atoms with Crippen molar-refractivity contribution in [1.82, 2.24) is 5.32 Å². The van der Waals surface area contributed by atoms with Gasteiger partial charge in [0, 0.05) is 23.7 Å². The number of aromatic carboxylic acids is 1. The van der Waals surface area contributed by atoms with Gasteiger partial charge in [-0.2, -0.15) is 0 Å². The molecule has 0 spiro atoms. The molecule has 0 aliphatic rings. The molecule has 0 fully saturated rings. The third-order valence-electron chi connectivity index (χ3n) is 4.48. The van der Waals surface area contributed by atoms with E-state index in [0.717, 1.165) is 16.7 Å². The van der Waals surface area contributed by atoms with Gasteiger partial charge in [0.1, 0.15) is 6.61 Å². The molecule has 0 unspecified atom stereocenters. The van der Waals surface area contributed by atoms with E-state index in [0.29, 0.717) is 34.6 Å². The zero-order chi connectivity index (χ0) is 21.5. The Balaban J connectivity index is 0.00000341. The minimum absolute atomic E-state index is 0. The fraction of sp³-hybridized carbons (Fsp3) is 0.174. The van der Waals surface area contributed by atoms with Crippen molar-refractivity contribution in [3.63, 3.8) is 0 Å². The van der Waals surface area contributed by atoms with Gasteiger partial charge in [-0.3, -0.25) is 0 Å². The van der Waals surface area contributed by atoms with Crippen molar-refractivity contribution in [1.29, 1.82) is 0 Å². The Morgan fingerprint density at radius 3 is 2.29 bits per heavy atom. The standard InChI is InChI=1S/C23H21Cl2NO4.ClH/c1-29-21-11-16(13-26-12-15-6-8-17(9-7-15)23(27)28)10-20(25)22(21)30-14-18-4-2-3-5-19(18)24;/h2-11,26H,12-14H2,1H3,(H,27,28);1H. The molecule has 31 heavy (non-hydrogen) atoms. The van der Waals surface area contributed by atoms with Gasteiger partial charge < -0.3 is 19.9 Å². The average Bonchev–Trinajstić information content (AvgIpc) is 2.74. The molecule has 3 aromatic carbocycles. The summed E-state index contributed by atoms with van der Waals surface area (Å²) in [5.41, 5.74) is 3.04. The van der Waals surface area contributed by atoms with Crippen molar-refractivity contribution in [2.45, 2.75) is 19.7 Å². The van der Waals surface area contributed by atoms with E-state index in [1.54, 1.807) is 31.4 Å². The summed E-state index contributed by atoms with van der Waals surface area (Å²) in [7, 11) is 1.56. The Morgan fingerprint density at radius 2 is 1.65 bits per heavy atom. The lowest BCUT2D eigenvalue weighted by Crippen LogP contribution is -2.13. The lowest BCUT2D eigenvalue weighted by molar-refractivity contribution is 0.0697. The number of halogens is 3. The lowest BCUT2D eigenvalue weighted by Gasteiger charge is -2.15. The Labute approximate surface area is 197 Å². The van der Waals surface area contributed by atoms with Gasteiger partial charge in [0.2, 0.25) is 0 Å². The molecule has 2 N–H and O–H groups in total. The first-order valence-corrected chi connectivity index (χ1v) is 9.99. The number of hydrogen-bond acceptors (Lipinski definition) is 4. The summed E-state index contributed by atoms with van der Waals surface area (Å²) in [4.78, 5) is 10.9. The number of rotatable bonds is 9. The molecule has 164 valence electrons. The molecule has 0 aromatic heterocycles. The van der Waals surface area contributed by atoms with Crippen molar-refractivity contribution in [2.75, 3.05) is 7.11 Å². The summed E-state index contributed by atoms with van der Waals surface area (Å²) < 4.78 is 11.3. The Hall–Kier alpha value is -2.44. The lowest BCUT2D eigenvalue weighted by atomic mass is 10.1. The van der Waals surface area contributed by atoms with Crippen molar-refractivity contribution in [3.8, 4) is 11.5 Å². The molecule has 0 heterocycles. The minimum atomic E-state index is -0.937. The summed E-state index contributed by atoms with van der Waals surface area (Å²) in [5.74, 6) is 0.0670. The highest BCUT2D eigenvalue weighted by Gasteiger charge is 2.13. The van der Waals surface area contributed by atoms with Gasteiger partial charge in [-0.15, -0.1) is 12.4 Å². The fourth-order valence-electron chi connectivity index (χ4n) is 2.90. The van der Waals surface area contributed by atoms with E-state index in [9.17, 15) is 4.79 Å². The Kier molecular flexibility index (Phi) is 9.46. The maximum Gasteiger partial charge on any atom is 0.335 e. The van der Waals surface area contributed by atoms with Crippen LogP contribution in [0.3, 0.4) is 0 Å². The van der Waals surface area contributed by atoms with Gasteiger partial charge in [-0.05, 0) is 41.5 Å². The second-order valence-electron chi connectivity index (χ2n) is 6.59. The summed E-state index contributed by atoms with van der Waals surface area (Å²) in [5, 5.41) is 13.3. The van der Waals surface area contributed by atoms with Gasteiger partial charge >= 0.3 is 5.97 Å². The number of benzene rings is 3. The van der Waals surface area contributed by atoms with Gasteiger partial charge in [-0.25, -0.2) is 4.79 Å². The monoisotopic (exact) mass is 481 g/mol. The van der Waals surface area contributed by atoms with Crippen molar-refractivity contribution >= 4 is 41.6 Å². The van der Waals surface area contributed by atoms with Crippen LogP contribution < -0.4 is 14.8 Å². The summed E-state index contributed by atoms with van der Waals surface area (Å²) in [6, 6.07) is 17.9.